The van der Waals surface area contributed by atoms with Crippen LogP contribution in [0.25, 0.3) is 0 Å². The quantitative estimate of drug-likeness (QED) is 0.775. The molecule has 6 nitrogen and oxygen atoms in total. The Morgan fingerprint density at radius 3 is 2.70 bits per heavy atom. The molecule has 0 unspecified atom stereocenters. The van der Waals surface area contributed by atoms with E-state index in [0.717, 1.165) is 31.6 Å². The number of aryl methyl sites for hydroxylation is 1. The monoisotopic (exact) mass is 293 g/mol. The third-order valence-corrected chi connectivity index (χ3v) is 3.44. The van der Waals surface area contributed by atoms with E-state index in [1.165, 1.54) is 6.20 Å². The van der Waals surface area contributed by atoms with Crippen molar-refractivity contribution >= 4 is 23.1 Å². The minimum absolute atomic E-state index is 0.162. The van der Waals surface area contributed by atoms with Gasteiger partial charge in [-0.3, -0.25) is 14.7 Å². The van der Waals surface area contributed by atoms with E-state index in [-0.39, 0.29) is 11.9 Å². The number of nitrogens with zero attached hydrogens (tertiary/aromatic N) is 3. The second kappa shape index (κ2) is 6.71. The Kier molecular flexibility index (Phi) is 4.97. The van der Waals surface area contributed by atoms with Gasteiger partial charge in [0.15, 0.2) is 0 Å². The Balaban J connectivity index is 1.82. The molecule has 0 aliphatic carbocycles. The highest BCUT2D eigenvalue weighted by Gasteiger charge is 2.21. The molecule has 0 spiro atoms. The number of hydrogen-bond donors (Lipinski definition) is 2. The minimum atomic E-state index is -0.162. The van der Waals surface area contributed by atoms with Crippen LogP contribution in [0.3, 0.4) is 0 Å². The van der Waals surface area contributed by atoms with Gasteiger partial charge in [-0.15, -0.1) is 0 Å². The number of likely N-dealkylation sites (tertiary alicyclic amines) is 1. The first-order chi connectivity index (χ1) is 9.54. The van der Waals surface area contributed by atoms with E-state index in [1.807, 2.05) is 6.92 Å². The largest absolute Gasteiger partial charge is 0.392 e. The first-order valence-corrected chi connectivity index (χ1v) is 7.05. The van der Waals surface area contributed by atoms with Gasteiger partial charge in [-0.1, -0.05) is 12.2 Å². The first kappa shape index (κ1) is 14.8. The van der Waals surface area contributed by atoms with E-state index in [9.17, 15) is 4.79 Å². The van der Waals surface area contributed by atoms with Gasteiger partial charge >= 0.3 is 0 Å². The zero-order valence-electron chi connectivity index (χ0n) is 11.5. The average Bonchev–Trinajstić information content (AvgIpc) is 2.41. The number of thiocarbonyl (C=S) groups is 1. The lowest BCUT2D eigenvalue weighted by molar-refractivity contribution is 0.0909. The van der Waals surface area contributed by atoms with Crippen molar-refractivity contribution < 1.29 is 4.79 Å². The zero-order chi connectivity index (χ0) is 14.5. The molecule has 2 rings (SSSR count). The average molecular weight is 293 g/mol. The van der Waals surface area contributed by atoms with E-state index in [4.69, 9.17) is 18.0 Å². The number of hydrogen-bond acceptors (Lipinski definition) is 5. The molecule has 0 radical (unpaired) electrons. The molecular weight excluding hydrogens is 274 g/mol. The van der Waals surface area contributed by atoms with Gasteiger partial charge in [-0.25, -0.2) is 4.98 Å². The van der Waals surface area contributed by atoms with Crippen LogP contribution in [0.4, 0.5) is 0 Å². The van der Waals surface area contributed by atoms with E-state index >= 15 is 0 Å². The summed E-state index contributed by atoms with van der Waals surface area (Å²) in [6, 6.07) is 0.174. The number of carbonyl (C=O) groups is 1. The molecule has 108 valence electrons. The van der Waals surface area contributed by atoms with Crippen molar-refractivity contribution in [1.29, 1.82) is 0 Å². The highest BCUT2D eigenvalue weighted by Crippen LogP contribution is 2.10. The van der Waals surface area contributed by atoms with Crippen molar-refractivity contribution in [3.63, 3.8) is 0 Å². The SMILES string of the molecule is Cc1cnc(C(=O)NC2CCN(CC(N)=S)CC2)cn1. The highest BCUT2D eigenvalue weighted by atomic mass is 32.1. The summed E-state index contributed by atoms with van der Waals surface area (Å²) in [6.45, 7) is 4.27. The summed E-state index contributed by atoms with van der Waals surface area (Å²) in [4.78, 5) is 22.9. The molecule has 1 saturated heterocycles. The van der Waals surface area contributed by atoms with Gasteiger partial charge in [0, 0.05) is 31.9 Å². The molecule has 0 bridgehead atoms. The Hall–Kier alpha value is -1.60. The lowest BCUT2D eigenvalue weighted by Crippen LogP contribution is -2.46. The molecule has 0 atom stereocenters. The van der Waals surface area contributed by atoms with Gasteiger partial charge in [0.05, 0.1) is 16.9 Å². The van der Waals surface area contributed by atoms with Crippen LogP contribution in [-0.4, -0.2) is 51.4 Å². The predicted molar refractivity (Wildman–Crippen MR) is 80.5 cm³/mol. The minimum Gasteiger partial charge on any atom is -0.392 e. The molecule has 0 aromatic carbocycles. The molecule has 20 heavy (non-hydrogen) atoms. The smallest absolute Gasteiger partial charge is 0.271 e. The molecule has 1 aromatic heterocycles. The second-order valence-corrected chi connectivity index (χ2v) is 5.56. The maximum absolute atomic E-state index is 12.0. The fourth-order valence-corrected chi connectivity index (χ4v) is 2.41. The van der Waals surface area contributed by atoms with Gasteiger partial charge in [0.25, 0.3) is 5.91 Å². The summed E-state index contributed by atoms with van der Waals surface area (Å²) < 4.78 is 0. The lowest BCUT2D eigenvalue weighted by atomic mass is 10.0. The normalized spacial score (nSPS) is 16.9. The molecule has 1 aliphatic rings. The van der Waals surface area contributed by atoms with Crippen LogP contribution in [0.15, 0.2) is 12.4 Å². The van der Waals surface area contributed by atoms with Crippen molar-refractivity contribution in [3.05, 3.63) is 23.8 Å². The molecule has 1 aromatic rings. The maximum atomic E-state index is 12.0. The number of piperidine rings is 1. The molecular formula is C13H19N5OS. The van der Waals surface area contributed by atoms with Gasteiger partial charge in [0.2, 0.25) is 0 Å². The van der Waals surface area contributed by atoms with Crippen molar-refractivity contribution in [2.75, 3.05) is 19.6 Å². The van der Waals surface area contributed by atoms with E-state index in [2.05, 4.69) is 20.2 Å². The van der Waals surface area contributed by atoms with Crippen molar-refractivity contribution in [3.8, 4) is 0 Å². The number of amides is 1. The fraction of sp³-hybridized carbons (Fsp3) is 0.538. The van der Waals surface area contributed by atoms with E-state index in [0.29, 0.717) is 17.2 Å². The Morgan fingerprint density at radius 1 is 1.45 bits per heavy atom. The van der Waals surface area contributed by atoms with Gasteiger partial charge in [-0.05, 0) is 19.8 Å². The number of carbonyl (C=O) groups excluding carboxylic acids is 1. The Morgan fingerprint density at radius 2 is 2.15 bits per heavy atom. The summed E-state index contributed by atoms with van der Waals surface area (Å²) in [7, 11) is 0. The van der Waals surface area contributed by atoms with Crippen LogP contribution in [0.5, 0.6) is 0 Å². The summed E-state index contributed by atoms with van der Waals surface area (Å²) in [5.74, 6) is -0.162. The van der Waals surface area contributed by atoms with Gasteiger partial charge < -0.3 is 11.1 Å². The molecule has 1 aliphatic heterocycles. The third-order valence-electron chi connectivity index (χ3n) is 3.32. The van der Waals surface area contributed by atoms with E-state index < -0.39 is 0 Å². The summed E-state index contributed by atoms with van der Waals surface area (Å²) >= 11 is 4.90. The molecule has 1 fully saturated rings. The van der Waals surface area contributed by atoms with Crippen LogP contribution < -0.4 is 11.1 Å². The van der Waals surface area contributed by atoms with Crippen molar-refractivity contribution in [2.45, 2.75) is 25.8 Å². The predicted octanol–water partition coefficient (Wildman–Crippen LogP) is 0.265. The van der Waals surface area contributed by atoms with Crippen molar-refractivity contribution in [2.24, 2.45) is 5.73 Å². The lowest BCUT2D eigenvalue weighted by Gasteiger charge is -2.31. The third kappa shape index (κ3) is 4.21. The first-order valence-electron chi connectivity index (χ1n) is 6.65. The fourth-order valence-electron chi connectivity index (χ4n) is 2.22. The molecule has 1 amide bonds. The van der Waals surface area contributed by atoms with Gasteiger partial charge in [-0.2, -0.15) is 0 Å². The van der Waals surface area contributed by atoms with Crippen LogP contribution in [0.1, 0.15) is 29.0 Å². The summed E-state index contributed by atoms with van der Waals surface area (Å²) in [5, 5.41) is 3.00. The molecule has 3 N–H and O–H groups in total. The zero-order valence-corrected chi connectivity index (χ0v) is 12.3. The standard InChI is InChI=1S/C13H19N5OS/c1-9-6-16-11(7-15-9)13(19)17-10-2-4-18(5-3-10)8-12(14)20/h6-7,10H,2-5,8H2,1H3,(H2,14,20)(H,17,19). The second-order valence-electron chi connectivity index (χ2n) is 5.03. The summed E-state index contributed by atoms with van der Waals surface area (Å²) in [6.07, 6.45) is 4.90. The number of aromatic nitrogens is 2. The molecule has 0 saturated carbocycles. The number of rotatable bonds is 4. The van der Waals surface area contributed by atoms with Gasteiger partial charge in [0.1, 0.15) is 5.69 Å². The van der Waals surface area contributed by atoms with E-state index in [1.54, 1.807) is 6.20 Å². The van der Waals surface area contributed by atoms with Crippen LogP contribution in [-0.2, 0) is 0 Å². The van der Waals surface area contributed by atoms with Crippen molar-refractivity contribution in [1.82, 2.24) is 20.2 Å². The Bertz CT molecular complexity index is 482. The highest BCUT2D eigenvalue weighted by molar-refractivity contribution is 7.80. The molecule has 2 heterocycles. The van der Waals surface area contributed by atoms with Crippen LogP contribution in [0, 0.1) is 6.92 Å². The Labute approximate surface area is 123 Å². The number of nitrogens with one attached hydrogen (secondary N) is 1. The maximum Gasteiger partial charge on any atom is 0.271 e. The number of nitrogens with two attached hydrogens (primary N) is 1. The molecule has 7 heteroatoms. The topological polar surface area (TPSA) is 84.1 Å². The van der Waals surface area contributed by atoms with Crippen LogP contribution >= 0.6 is 12.2 Å². The van der Waals surface area contributed by atoms with Crippen LogP contribution in [0.2, 0.25) is 0 Å². The summed E-state index contributed by atoms with van der Waals surface area (Å²) in [5.41, 5.74) is 6.69.